The Balaban J connectivity index is 2.48. The van der Waals surface area contributed by atoms with Crippen molar-refractivity contribution in [3.05, 3.63) is 42.1 Å². The Kier molecular flexibility index (Phi) is 2.17. The van der Waals surface area contributed by atoms with Crippen LogP contribution in [-0.4, -0.2) is 21.2 Å². The van der Waals surface area contributed by atoms with Gasteiger partial charge in [-0.15, -0.1) is 0 Å². The fourth-order valence-electron chi connectivity index (χ4n) is 1.39. The van der Waals surface area contributed by atoms with Gasteiger partial charge in [-0.3, -0.25) is 0 Å². The second-order valence-electron chi connectivity index (χ2n) is 3.12. The standard InChI is InChI=1S/C11H9NO3/c13-10-6-7(11(14)15)3-4-8(10)9-2-1-5-12-9/h1-6,12-13H,(H,14,15). The molecule has 1 aromatic carbocycles. The van der Waals surface area contributed by atoms with Gasteiger partial charge in [-0.2, -0.15) is 0 Å². The van der Waals surface area contributed by atoms with Gasteiger partial charge >= 0.3 is 5.97 Å². The molecule has 4 heteroatoms. The number of nitrogens with one attached hydrogen (secondary N) is 1. The molecular weight excluding hydrogens is 194 g/mol. The first-order valence-corrected chi connectivity index (χ1v) is 4.38. The number of H-pyrrole nitrogens is 1. The van der Waals surface area contributed by atoms with Crippen molar-refractivity contribution in [1.29, 1.82) is 0 Å². The molecule has 0 aliphatic rings. The quantitative estimate of drug-likeness (QED) is 0.699. The van der Waals surface area contributed by atoms with Gasteiger partial charge in [-0.25, -0.2) is 4.79 Å². The number of aromatic nitrogens is 1. The molecule has 0 saturated heterocycles. The molecule has 4 nitrogen and oxygen atoms in total. The molecule has 0 unspecified atom stereocenters. The second-order valence-corrected chi connectivity index (χ2v) is 3.12. The van der Waals surface area contributed by atoms with Crippen molar-refractivity contribution in [2.24, 2.45) is 0 Å². The summed E-state index contributed by atoms with van der Waals surface area (Å²) in [5.74, 6) is -1.10. The van der Waals surface area contributed by atoms with E-state index in [1.54, 1.807) is 24.4 Å². The highest BCUT2D eigenvalue weighted by Gasteiger charge is 2.09. The summed E-state index contributed by atoms with van der Waals surface area (Å²) in [6, 6.07) is 7.87. The van der Waals surface area contributed by atoms with E-state index < -0.39 is 5.97 Å². The summed E-state index contributed by atoms with van der Waals surface area (Å²) in [6.07, 6.45) is 1.74. The summed E-state index contributed by atoms with van der Waals surface area (Å²) in [5, 5.41) is 18.3. The van der Waals surface area contributed by atoms with Crippen molar-refractivity contribution in [2.45, 2.75) is 0 Å². The average molecular weight is 203 g/mol. The molecule has 15 heavy (non-hydrogen) atoms. The minimum absolute atomic E-state index is 0.0441. The minimum atomic E-state index is -1.05. The molecule has 0 fully saturated rings. The van der Waals surface area contributed by atoms with Crippen LogP contribution in [0.5, 0.6) is 5.75 Å². The van der Waals surface area contributed by atoms with E-state index in [2.05, 4.69) is 4.98 Å². The Morgan fingerprint density at radius 3 is 2.60 bits per heavy atom. The summed E-state index contributed by atoms with van der Waals surface area (Å²) in [6.45, 7) is 0. The number of rotatable bonds is 2. The van der Waals surface area contributed by atoms with Gasteiger partial charge in [0.15, 0.2) is 0 Å². The van der Waals surface area contributed by atoms with Crippen molar-refractivity contribution in [2.75, 3.05) is 0 Å². The molecule has 1 aromatic heterocycles. The average Bonchev–Trinajstić information content (AvgIpc) is 2.70. The Hall–Kier alpha value is -2.23. The first-order valence-electron chi connectivity index (χ1n) is 4.38. The van der Waals surface area contributed by atoms with Gasteiger partial charge in [0, 0.05) is 17.5 Å². The van der Waals surface area contributed by atoms with E-state index in [0.717, 1.165) is 5.69 Å². The zero-order valence-corrected chi connectivity index (χ0v) is 7.77. The number of carbonyl (C=O) groups is 1. The first-order chi connectivity index (χ1) is 7.18. The van der Waals surface area contributed by atoms with E-state index in [1.165, 1.54) is 12.1 Å². The fourth-order valence-corrected chi connectivity index (χ4v) is 1.39. The number of hydrogen-bond donors (Lipinski definition) is 3. The third kappa shape index (κ3) is 1.69. The van der Waals surface area contributed by atoms with Gasteiger partial charge in [0.2, 0.25) is 0 Å². The maximum absolute atomic E-state index is 10.6. The van der Waals surface area contributed by atoms with Crippen LogP contribution in [0.3, 0.4) is 0 Å². The van der Waals surface area contributed by atoms with Crippen LogP contribution in [0.25, 0.3) is 11.3 Å². The molecule has 0 spiro atoms. The predicted octanol–water partition coefficient (Wildman–Crippen LogP) is 2.09. The minimum Gasteiger partial charge on any atom is -0.507 e. The number of phenolic OH excluding ortho intramolecular Hbond substituents is 1. The summed E-state index contributed by atoms with van der Waals surface area (Å²) >= 11 is 0. The lowest BCUT2D eigenvalue weighted by Gasteiger charge is -2.03. The van der Waals surface area contributed by atoms with E-state index in [9.17, 15) is 9.90 Å². The van der Waals surface area contributed by atoms with Crippen LogP contribution in [0.1, 0.15) is 10.4 Å². The Labute approximate surface area is 85.8 Å². The molecule has 0 bridgehead atoms. The summed E-state index contributed by atoms with van der Waals surface area (Å²) in [4.78, 5) is 13.6. The van der Waals surface area contributed by atoms with Crippen LogP contribution >= 0.6 is 0 Å². The van der Waals surface area contributed by atoms with Crippen LogP contribution < -0.4 is 0 Å². The molecular formula is C11H9NO3. The number of carboxylic acids is 1. The van der Waals surface area contributed by atoms with E-state index in [-0.39, 0.29) is 11.3 Å². The lowest BCUT2D eigenvalue weighted by atomic mass is 10.1. The SMILES string of the molecule is O=C(O)c1ccc(-c2ccc[nH]2)c(O)c1. The normalized spacial score (nSPS) is 10.1. The smallest absolute Gasteiger partial charge is 0.335 e. The highest BCUT2D eigenvalue weighted by molar-refractivity contribution is 5.89. The zero-order chi connectivity index (χ0) is 10.8. The van der Waals surface area contributed by atoms with Gasteiger partial charge in [-0.05, 0) is 30.3 Å². The van der Waals surface area contributed by atoms with Crippen molar-refractivity contribution >= 4 is 5.97 Å². The molecule has 0 atom stereocenters. The third-order valence-corrected chi connectivity index (χ3v) is 2.13. The van der Waals surface area contributed by atoms with Crippen molar-refractivity contribution in [3.8, 4) is 17.0 Å². The zero-order valence-electron chi connectivity index (χ0n) is 7.77. The maximum atomic E-state index is 10.6. The van der Waals surface area contributed by atoms with Crippen LogP contribution in [-0.2, 0) is 0 Å². The number of hydrogen-bond acceptors (Lipinski definition) is 2. The summed E-state index contributed by atoms with van der Waals surface area (Å²) < 4.78 is 0. The molecule has 2 aromatic rings. The van der Waals surface area contributed by atoms with Crippen LogP contribution in [0.4, 0.5) is 0 Å². The fraction of sp³-hybridized carbons (Fsp3) is 0. The van der Waals surface area contributed by atoms with E-state index in [1.807, 2.05) is 0 Å². The monoisotopic (exact) mass is 203 g/mol. The van der Waals surface area contributed by atoms with E-state index in [4.69, 9.17) is 5.11 Å². The molecule has 0 aliphatic heterocycles. The Morgan fingerprint density at radius 1 is 1.27 bits per heavy atom. The molecule has 0 amide bonds. The molecule has 0 radical (unpaired) electrons. The first kappa shape index (κ1) is 9.33. The van der Waals surface area contributed by atoms with Crippen molar-refractivity contribution in [3.63, 3.8) is 0 Å². The van der Waals surface area contributed by atoms with Gasteiger partial charge < -0.3 is 15.2 Å². The predicted molar refractivity (Wildman–Crippen MR) is 54.9 cm³/mol. The van der Waals surface area contributed by atoms with Gasteiger partial charge in [0.1, 0.15) is 5.75 Å². The van der Waals surface area contributed by atoms with Crippen molar-refractivity contribution in [1.82, 2.24) is 4.98 Å². The largest absolute Gasteiger partial charge is 0.507 e. The lowest BCUT2D eigenvalue weighted by Crippen LogP contribution is -1.95. The highest BCUT2D eigenvalue weighted by atomic mass is 16.4. The Bertz CT molecular complexity index is 489. The number of benzene rings is 1. The third-order valence-electron chi connectivity index (χ3n) is 2.13. The van der Waals surface area contributed by atoms with Crippen molar-refractivity contribution < 1.29 is 15.0 Å². The number of phenols is 1. The molecule has 0 saturated carbocycles. The van der Waals surface area contributed by atoms with E-state index >= 15 is 0 Å². The lowest BCUT2D eigenvalue weighted by molar-refractivity contribution is 0.0696. The van der Waals surface area contributed by atoms with Gasteiger partial charge in [0.05, 0.1) is 5.56 Å². The molecule has 76 valence electrons. The molecule has 3 N–H and O–H groups in total. The highest BCUT2D eigenvalue weighted by Crippen LogP contribution is 2.28. The summed E-state index contributed by atoms with van der Waals surface area (Å²) in [7, 11) is 0. The van der Waals surface area contributed by atoms with E-state index in [0.29, 0.717) is 5.56 Å². The van der Waals surface area contributed by atoms with Gasteiger partial charge in [-0.1, -0.05) is 0 Å². The number of carboxylic acid groups (broad SMARTS) is 1. The van der Waals surface area contributed by atoms with Crippen LogP contribution in [0, 0.1) is 0 Å². The number of aromatic carboxylic acids is 1. The van der Waals surface area contributed by atoms with Crippen LogP contribution in [0.2, 0.25) is 0 Å². The maximum Gasteiger partial charge on any atom is 0.335 e. The van der Waals surface area contributed by atoms with Crippen LogP contribution in [0.15, 0.2) is 36.5 Å². The van der Waals surface area contributed by atoms with Gasteiger partial charge in [0.25, 0.3) is 0 Å². The molecule has 2 rings (SSSR count). The Morgan fingerprint density at radius 2 is 2.07 bits per heavy atom. The molecule has 0 aliphatic carbocycles. The second kappa shape index (κ2) is 3.49. The number of aromatic amines is 1. The topological polar surface area (TPSA) is 73.3 Å². The number of aromatic hydroxyl groups is 1. The molecule has 1 heterocycles. The summed E-state index contributed by atoms with van der Waals surface area (Å²) in [5.41, 5.74) is 1.41.